The van der Waals surface area contributed by atoms with Gasteiger partial charge in [-0.15, -0.1) is 0 Å². The van der Waals surface area contributed by atoms with Crippen LogP contribution in [0.1, 0.15) is 31.2 Å². The average Bonchev–Trinajstić information content (AvgIpc) is 2.95. The number of rotatable bonds is 5. The van der Waals surface area contributed by atoms with Gasteiger partial charge in [0.1, 0.15) is 0 Å². The Morgan fingerprint density at radius 3 is 2.63 bits per heavy atom. The molecule has 2 aliphatic rings. The summed E-state index contributed by atoms with van der Waals surface area (Å²) in [4.78, 5) is 2.50. The largest absolute Gasteiger partial charge is 0.392 e. The molecule has 0 aliphatic heterocycles. The van der Waals surface area contributed by atoms with E-state index in [4.69, 9.17) is 0 Å². The van der Waals surface area contributed by atoms with Gasteiger partial charge in [0, 0.05) is 12.0 Å². The highest BCUT2D eigenvalue weighted by Gasteiger charge is 2.48. The van der Waals surface area contributed by atoms with Crippen molar-refractivity contribution >= 4 is 0 Å². The number of aliphatic hydroxyl groups excluding tert-OH is 1. The second-order valence-corrected chi connectivity index (χ2v) is 6.36. The average molecular weight is 259 g/mol. The Hall–Kier alpha value is -0.860. The van der Waals surface area contributed by atoms with Gasteiger partial charge in [0.2, 0.25) is 0 Å². The molecule has 2 nitrogen and oxygen atoms in total. The van der Waals surface area contributed by atoms with E-state index in [0.717, 1.165) is 13.0 Å². The molecule has 1 aromatic carbocycles. The maximum Gasteiger partial charge on any atom is 0.0612 e. The molecule has 19 heavy (non-hydrogen) atoms. The summed E-state index contributed by atoms with van der Waals surface area (Å²) in [5.74, 6) is 1.14. The Bertz CT molecular complexity index is 405. The smallest absolute Gasteiger partial charge is 0.0612 e. The Morgan fingerprint density at radius 1 is 1.21 bits per heavy atom. The molecule has 0 amide bonds. The van der Waals surface area contributed by atoms with E-state index in [1.54, 1.807) is 0 Å². The maximum absolute atomic E-state index is 10.1. The van der Waals surface area contributed by atoms with Gasteiger partial charge in [-0.05, 0) is 57.2 Å². The van der Waals surface area contributed by atoms with Crippen LogP contribution in [0.4, 0.5) is 0 Å². The highest BCUT2D eigenvalue weighted by Crippen LogP contribution is 2.46. The van der Waals surface area contributed by atoms with E-state index in [1.165, 1.54) is 31.2 Å². The van der Waals surface area contributed by atoms with Gasteiger partial charge in [-0.3, -0.25) is 0 Å². The molecule has 2 heteroatoms. The summed E-state index contributed by atoms with van der Waals surface area (Å²) in [7, 11) is 2.24. The third-order valence-electron chi connectivity index (χ3n) is 5.22. The predicted octanol–water partition coefficient (Wildman–Crippen LogP) is 2.71. The zero-order valence-electron chi connectivity index (χ0n) is 11.8. The van der Waals surface area contributed by atoms with E-state index in [0.29, 0.717) is 17.9 Å². The van der Waals surface area contributed by atoms with Crippen LogP contribution in [0.5, 0.6) is 0 Å². The number of aliphatic hydroxyl groups is 1. The molecule has 1 aromatic rings. The fourth-order valence-corrected chi connectivity index (χ4v) is 4.11. The molecule has 4 atom stereocenters. The fourth-order valence-electron chi connectivity index (χ4n) is 4.11. The van der Waals surface area contributed by atoms with E-state index in [2.05, 4.69) is 42.3 Å². The first kappa shape index (κ1) is 13.1. The summed E-state index contributed by atoms with van der Waals surface area (Å²) < 4.78 is 0. The Labute approximate surface area is 116 Å². The van der Waals surface area contributed by atoms with E-state index in [9.17, 15) is 5.11 Å². The van der Waals surface area contributed by atoms with Gasteiger partial charge in [-0.25, -0.2) is 0 Å². The fraction of sp³-hybridized carbons (Fsp3) is 0.647. The number of benzene rings is 1. The van der Waals surface area contributed by atoms with Crippen LogP contribution in [0.25, 0.3) is 0 Å². The van der Waals surface area contributed by atoms with Gasteiger partial charge in [0.15, 0.2) is 0 Å². The molecule has 1 N–H and O–H groups in total. The van der Waals surface area contributed by atoms with Gasteiger partial charge >= 0.3 is 0 Å². The van der Waals surface area contributed by atoms with Crippen molar-refractivity contribution in [2.45, 2.75) is 44.2 Å². The molecule has 104 valence electrons. The third kappa shape index (κ3) is 2.70. The monoisotopic (exact) mass is 259 g/mol. The highest BCUT2D eigenvalue weighted by molar-refractivity contribution is 5.14. The number of hydrogen-bond acceptors (Lipinski definition) is 2. The van der Waals surface area contributed by atoms with Gasteiger partial charge in [0.25, 0.3) is 0 Å². The third-order valence-corrected chi connectivity index (χ3v) is 5.22. The summed E-state index contributed by atoms with van der Waals surface area (Å²) in [5, 5.41) is 10.1. The molecule has 2 bridgehead atoms. The molecule has 3 rings (SSSR count). The van der Waals surface area contributed by atoms with Crippen molar-refractivity contribution in [3.05, 3.63) is 35.9 Å². The summed E-state index contributed by atoms with van der Waals surface area (Å²) in [6.45, 7) is 1.15. The summed E-state index contributed by atoms with van der Waals surface area (Å²) in [6.07, 6.45) is 6.06. The topological polar surface area (TPSA) is 23.5 Å². The van der Waals surface area contributed by atoms with Gasteiger partial charge in [0.05, 0.1) is 6.10 Å². The molecular formula is C17H25NO. The van der Waals surface area contributed by atoms with Crippen LogP contribution in [0, 0.1) is 11.8 Å². The van der Waals surface area contributed by atoms with Crippen molar-refractivity contribution in [3.63, 3.8) is 0 Å². The molecule has 0 aromatic heterocycles. The molecule has 0 unspecified atom stereocenters. The van der Waals surface area contributed by atoms with Crippen LogP contribution in [0.3, 0.4) is 0 Å². The second-order valence-electron chi connectivity index (χ2n) is 6.36. The first-order chi connectivity index (χ1) is 9.25. The van der Waals surface area contributed by atoms with Crippen molar-refractivity contribution in [2.24, 2.45) is 11.8 Å². The minimum absolute atomic E-state index is 0.0124. The van der Waals surface area contributed by atoms with E-state index in [-0.39, 0.29) is 6.10 Å². The van der Waals surface area contributed by atoms with Crippen LogP contribution in [0.15, 0.2) is 30.3 Å². The number of hydrogen-bond donors (Lipinski definition) is 1. The Kier molecular flexibility index (Phi) is 3.90. The van der Waals surface area contributed by atoms with Crippen LogP contribution in [0.2, 0.25) is 0 Å². The molecule has 2 saturated carbocycles. The standard InChI is InChI=1S/C17H25NO/c1-18(11-5-8-13-6-3-2-4-7-13)16-12-14-9-10-15(16)17(14)19/h2-4,6-7,14-17,19H,5,8-12H2,1H3/t14-,15-,16-,17-/m0/s1. The lowest BCUT2D eigenvalue weighted by atomic mass is 9.94. The summed E-state index contributed by atoms with van der Waals surface area (Å²) >= 11 is 0. The second kappa shape index (κ2) is 5.64. The lowest BCUT2D eigenvalue weighted by Gasteiger charge is -2.31. The van der Waals surface area contributed by atoms with E-state index >= 15 is 0 Å². The molecule has 0 saturated heterocycles. The van der Waals surface area contributed by atoms with Crippen molar-refractivity contribution < 1.29 is 5.11 Å². The van der Waals surface area contributed by atoms with E-state index < -0.39 is 0 Å². The molecule has 0 heterocycles. The van der Waals surface area contributed by atoms with Crippen LogP contribution in [-0.2, 0) is 6.42 Å². The van der Waals surface area contributed by atoms with Crippen LogP contribution < -0.4 is 0 Å². The van der Waals surface area contributed by atoms with Crippen LogP contribution in [-0.4, -0.2) is 35.7 Å². The quantitative estimate of drug-likeness (QED) is 0.879. The van der Waals surface area contributed by atoms with Crippen molar-refractivity contribution in [3.8, 4) is 0 Å². The minimum atomic E-state index is -0.0124. The highest BCUT2D eigenvalue weighted by atomic mass is 16.3. The number of aryl methyl sites for hydroxylation is 1. The van der Waals surface area contributed by atoms with Gasteiger partial charge in [-0.1, -0.05) is 30.3 Å². The zero-order valence-corrected chi connectivity index (χ0v) is 11.8. The van der Waals surface area contributed by atoms with E-state index in [1.807, 2.05) is 0 Å². The molecule has 0 spiro atoms. The number of fused-ring (bicyclic) bond motifs is 2. The van der Waals surface area contributed by atoms with Crippen molar-refractivity contribution in [1.82, 2.24) is 4.90 Å². The Balaban J connectivity index is 1.46. The SMILES string of the molecule is CN(CCCc1ccccc1)[C@H]1C[C@@H]2CC[C@@H]1[C@H]2O. The first-order valence-electron chi connectivity index (χ1n) is 7.68. The van der Waals surface area contributed by atoms with Crippen molar-refractivity contribution in [1.29, 1.82) is 0 Å². The van der Waals surface area contributed by atoms with Gasteiger partial charge < -0.3 is 10.0 Å². The lowest BCUT2D eigenvalue weighted by molar-refractivity contribution is 0.104. The Morgan fingerprint density at radius 2 is 2.00 bits per heavy atom. The molecule has 0 radical (unpaired) electrons. The van der Waals surface area contributed by atoms with Crippen LogP contribution >= 0.6 is 0 Å². The maximum atomic E-state index is 10.1. The molecule has 2 aliphatic carbocycles. The number of nitrogens with zero attached hydrogens (tertiary/aromatic N) is 1. The predicted molar refractivity (Wildman–Crippen MR) is 78.0 cm³/mol. The minimum Gasteiger partial charge on any atom is -0.392 e. The lowest BCUT2D eigenvalue weighted by Crippen LogP contribution is -2.38. The zero-order chi connectivity index (χ0) is 13.2. The van der Waals surface area contributed by atoms with Gasteiger partial charge in [-0.2, -0.15) is 0 Å². The molecule has 2 fully saturated rings. The summed E-state index contributed by atoms with van der Waals surface area (Å²) in [5.41, 5.74) is 1.43. The normalized spacial score (nSPS) is 33.2. The van der Waals surface area contributed by atoms with Crippen molar-refractivity contribution in [2.75, 3.05) is 13.6 Å². The first-order valence-corrected chi connectivity index (χ1v) is 7.68. The molecular weight excluding hydrogens is 234 g/mol. The summed E-state index contributed by atoms with van der Waals surface area (Å²) in [6, 6.07) is 11.4.